The lowest BCUT2D eigenvalue weighted by Crippen LogP contribution is -2.34. The van der Waals surface area contributed by atoms with E-state index in [1.54, 1.807) is 13.0 Å². The number of hydrazine groups is 1. The van der Waals surface area contributed by atoms with Gasteiger partial charge >= 0.3 is 6.03 Å². The first-order valence-corrected chi connectivity index (χ1v) is 5.00. The van der Waals surface area contributed by atoms with Crippen molar-refractivity contribution < 1.29 is 9.53 Å². The van der Waals surface area contributed by atoms with Gasteiger partial charge in [-0.2, -0.15) is 0 Å². The number of carbonyl (C=O) groups is 1. The summed E-state index contributed by atoms with van der Waals surface area (Å²) in [5.74, 6) is 5.54. The van der Waals surface area contributed by atoms with E-state index in [9.17, 15) is 4.79 Å². The summed E-state index contributed by atoms with van der Waals surface area (Å²) in [5.41, 5.74) is 4.11. The molecule has 6 heteroatoms. The molecule has 5 nitrogen and oxygen atoms in total. The molecule has 0 atom stereocenters. The lowest BCUT2D eigenvalue weighted by molar-refractivity contribution is 0.252. The largest absolute Gasteiger partial charge is 0.495 e. The van der Waals surface area contributed by atoms with Crippen LogP contribution in [0.3, 0.4) is 0 Å². The van der Waals surface area contributed by atoms with Crippen molar-refractivity contribution in [3.05, 3.63) is 22.2 Å². The highest BCUT2D eigenvalue weighted by Crippen LogP contribution is 2.35. The van der Waals surface area contributed by atoms with Crippen LogP contribution in [0.2, 0.25) is 5.02 Å². The fourth-order valence-corrected chi connectivity index (χ4v) is 1.54. The van der Waals surface area contributed by atoms with Crippen LogP contribution in [0.4, 0.5) is 10.5 Å². The molecule has 0 unspecified atom stereocenters. The molecule has 0 aliphatic heterocycles. The molecule has 2 amide bonds. The Balaban J connectivity index is 3.24. The van der Waals surface area contributed by atoms with Crippen LogP contribution in [0, 0.1) is 13.8 Å². The highest BCUT2D eigenvalue weighted by molar-refractivity contribution is 6.32. The summed E-state index contributed by atoms with van der Waals surface area (Å²) in [6.07, 6.45) is 0. The van der Waals surface area contributed by atoms with Gasteiger partial charge in [0.2, 0.25) is 0 Å². The molecule has 4 N–H and O–H groups in total. The Kier molecular flexibility index (Phi) is 3.98. The third kappa shape index (κ3) is 2.37. The van der Waals surface area contributed by atoms with Gasteiger partial charge < -0.3 is 10.1 Å². The van der Waals surface area contributed by atoms with Gasteiger partial charge in [-0.15, -0.1) is 0 Å². The average Bonchev–Trinajstić information content (AvgIpc) is 2.29. The second-order valence-electron chi connectivity index (χ2n) is 3.31. The molecule has 0 heterocycles. The monoisotopic (exact) mass is 243 g/mol. The number of aryl methyl sites for hydroxylation is 1. The van der Waals surface area contributed by atoms with Crippen LogP contribution in [-0.4, -0.2) is 13.1 Å². The smallest absolute Gasteiger partial charge is 0.333 e. The molecule has 0 fully saturated rings. The number of benzene rings is 1. The second-order valence-corrected chi connectivity index (χ2v) is 3.69. The molecule has 16 heavy (non-hydrogen) atoms. The Labute approximate surface area is 98.9 Å². The van der Waals surface area contributed by atoms with Crippen molar-refractivity contribution in [2.75, 3.05) is 12.4 Å². The predicted molar refractivity (Wildman–Crippen MR) is 63.8 cm³/mol. The molecule has 0 aromatic heterocycles. The molecule has 0 spiro atoms. The quantitative estimate of drug-likeness (QED) is 0.422. The van der Waals surface area contributed by atoms with Crippen LogP contribution in [0.25, 0.3) is 0 Å². The Hall–Kier alpha value is -1.46. The summed E-state index contributed by atoms with van der Waals surface area (Å²) in [6, 6.07) is 1.22. The van der Waals surface area contributed by atoms with E-state index in [1.807, 2.05) is 12.3 Å². The number of carbonyl (C=O) groups excluding carboxylic acids is 1. The fraction of sp³-hybridized carbons (Fsp3) is 0.300. The first-order chi connectivity index (χ1) is 7.51. The molecule has 0 bridgehead atoms. The summed E-state index contributed by atoms with van der Waals surface area (Å²) < 4.78 is 5.17. The minimum atomic E-state index is -0.527. The summed E-state index contributed by atoms with van der Waals surface area (Å²) in [6.45, 7) is 3.66. The first kappa shape index (κ1) is 12.6. The molecular weight excluding hydrogens is 230 g/mol. The fourth-order valence-electron chi connectivity index (χ4n) is 1.39. The number of hydrogen-bond donors (Lipinski definition) is 3. The van der Waals surface area contributed by atoms with E-state index in [4.69, 9.17) is 22.2 Å². The lowest BCUT2D eigenvalue weighted by atomic mass is 10.1. The molecule has 1 aromatic rings. The topological polar surface area (TPSA) is 76.4 Å². The van der Waals surface area contributed by atoms with Crippen LogP contribution in [0.5, 0.6) is 5.75 Å². The number of methoxy groups -OCH3 is 1. The van der Waals surface area contributed by atoms with E-state index < -0.39 is 6.03 Å². The molecule has 1 rings (SSSR count). The third-order valence-electron chi connectivity index (χ3n) is 2.23. The molecule has 0 aliphatic carbocycles. The van der Waals surface area contributed by atoms with Crippen molar-refractivity contribution in [1.29, 1.82) is 0 Å². The second kappa shape index (κ2) is 5.05. The van der Waals surface area contributed by atoms with E-state index in [1.165, 1.54) is 7.11 Å². The average molecular weight is 244 g/mol. The number of nitrogens with two attached hydrogens (primary N) is 1. The maximum Gasteiger partial charge on any atom is 0.333 e. The van der Waals surface area contributed by atoms with Crippen LogP contribution >= 0.6 is 11.6 Å². The van der Waals surface area contributed by atoms with Crippen molar-refractivity contribution in [2.45, 2.75) is 13.8 Å². The zero-order chi connectivity index (χ0) is 12.3. The standard InChI is InChI=1S/C10H14ClN3O2/c1-5-4-7(16-3)9(6(2)8(5)11)13-10(15)14-12/h4H,12H2,1-3H3,(H2,13,14,15). The normalized spacial score (nSPS) is 9.81. The van der Waals surface area contributed by atoms with Gasteiger partial charge in [0.05, 0.1) is 12.8 Å². The maximum absolute atomic E-state index is 11.2. The van der Waals surface area contributed by atoms with Gasteiger partial charge in [0.25, 0.3) is 0 Å². The van der Waals surface area contributed by atoms with Crippen molar-refractivity contribution in [2.24, 2.45) is 5.84 Å². The predicted octanol–water partition coefficient (Wildman–Crippen LogP) is 1.96. The molecule has 0 aliphatic rings. The number of nitrogens with one attached hydrogen (secondary N) is 2. The summed E-state index contributed by atoms with van der Waals surface area (Å²) in [4.78, 5) is 11.2. The third-order valence-corrected chi connectivity index (χ3v) is 2.82. The Morgan fingerprint density at radius 2 is 2.12 bits per heavy atom. The zero-order valence-electron chi connectivity index (χ0n) is 9.35. The molecule has 88 valence electrons. The zero-order valence-corrected chi connectivity index (χ0v) is 10.1. The van der Waals surface area contributed by atoms with Gasteiger partial charge in [0.15, 0.2) is 0 Å². The number of rotatable bonds is 2. The van der Waals surface area contributed by atoms with Crippen molar-refractivity contribution >= 4 is 23.3 Å². The van der Waals surface area contributed by atoms with Gasteiger partial charge in [-0.05, 0) is 31.0 Å². The maximum atomic E-state index is 11.2. The van der Waals surface area contributed by atoms with Gasteiger partial charge in [0.1, 0.15) is 5.75 Å². The minimum absolute atomic E-state index is 0.515. The molecule has 1 aromatic carbocycles. The number of halogens is 1. The van der Waals surface area contributed by atoms with Crippen molar-refractivity contribution in [3.8, 4) is 5.75 Å². The number of anilines is 1. The molecular formula is C10H14ClN3O2. The molecule has 0 saturated carbocycles. The van der Waals surface area contributed by atoms with Gasteiger partial charge in [-0.3, -0.25) is 5.43 Å². The minimum Gasteiger partial charge on any atom is -0.495 e. The molecule has 0 saturated heterocycles. The Morgan fingerprint density at radius 3 is 2.62 bits per heavy atom. The summed E-state index contributed by atoms with van der Waals surface area (Å²) in [7, 11) is 1.52. The van der Waals surface area contributed by atoms with E-state index in [-0.39, 0.29) is 0 Å². The van der Waals surface area contributed by atoms with Crippen molar-refractivity contribution in [1.82, 2.24) is 5.43 Å². The van der Waals surface area contributed by atoms with Crippen LogP contribution in [-0.2, 0) is 0 Å². The van der Waals surface area contributed by atoms with E-state index in [2.05, 4.69) is 5.32 Å². The highest BCUT2D eigenvalue weighted by Gasteiger charge is 2.14. The van der Waals surface area contributed by atoms with Gasteiger partial charge in [-0.25, -0.2) is 10.6 Å². The van der Waals surface area contributed by atoms with Gasteiger partial charge in [-0.1, -0.05) is 11.6 Å². The highest BCUT2D eigenvalue weighted by atomic mass is 35.5. The van der Waals surface area contributed by atoms with Crippen molar-refractivity contribution in [3.63, 3.8) is 0 Å². The number of urea groups is 1. The van der Waals surface area contributed by atoms with Gasteiger partial charge in [0, 0.05) is 5.02 Å². The SMILES string of the molecule is COc1cc(C)c(Cl)c(C)c1NC(=O)NN. The molecule has 0 radical (unpaired) electrons. The number of ether oxygens (including phenoxy) is 1. The van der Waals surface area contributed by atoms with E-state index >= 15 is 0 Å². The first-order valence-electron chi connectivity index (χ1n) is 4.62. The summed E-state index contributed by atoms with van der Waals surface area (Å²) >= 11 is 6.08. The van der Waals surface area contributed by atoms with Crippen LogP contribution in [0.1, 0.15) is 11.1 Å². The number of amides is 2. The van der Waals surface area contributed by atoms with E-state index in [0.29, 0.717) is 16.5 Å². The van der Waals surface area contributed by atoms with Crippen LogP contribution < -0.4 is 21.3 Å². The van der Waals surface area contributed by atoms with Crippen LogP contribution in [0.15, 0.2) is 6.07 Å². The lowest BCUT2D eigenvalue weighted by Gasteiger charge is -2.15. The Morgan fingerprint density at radius 1 is 1.50 bits per heavy atom. The van der Waals surface area contributed by atoms with E-state index in [0.717, 1.165) is 11.1 Å². The Bertz CT molecular complexity index is 421. The summed E-state index contributed by atoms with van der Waals surface area (Å²) in [5, 5.41) is 3.15. The number of hydrogen-bond acceptors (Lipinski definition) is 3.